The average Bonchev–Trinajstić information content (AvgIpc) is 2.48. The minimum absolute atomic E-state index is 0.249. The minimum Gasteiger partial charge on any atom is -0.294 e. The van der Waals surface area contributed by atoms with Gasteiger partial charge in [-0.2, -0.15) is 0 Å². The number of hydrogen-bond acceptors (Lipinski definition) is 1. The lowest BCUT2D eigenvalue weighted by Gasteiger charge is -2.12. The highest BCUT2D eigenvalue weighted by atomic mass is 16.1. The van der Waals surface area contributed by atoms with Gasteiger partial charge in [-0.15, -0.1) is 0 Å². The van der Waals surface area contributed by atoms with Crippen molar-refractivity contribution >= 4 is 16.6 Å². The van der Waals surface area contributed by atoms with Gasteiger partial charge in [0.25, 0.3) is 0 Å². The van der Waals surface area contributed by atoms with E-state index in [-0.39, 0.29) is 5.78 Å². The summed E-state index contributed by atoms with van der Waals surface area (Å²) < 4.78 is 0. The molecular weight excluding hydrogens is 232 g/mol. The second-order valence-electron chi connectivity index (χ2n) is 5.27. The number of Topliss-reactive ketones (excluding diaryl/α,β-unsaturated/α-hetero) is 1. The van der Waals surface area contributed by atoms with Crippen molar-refractivity contribution in [2.45, 2.75) is 32.1 Å². The fraction of sp³-hybridized carbons (Fsp3) is 0.278. The standard InChI is InChI=1S/C18H18O/c19-18(12-14-6-2-1-3-7-14)17-11-10-15-8-4-5-9-16(15)13-17/h4-6,8-11,13H,1-3,7,12H2. The van der Waals surface area contributed by atoms with E-state index in [1.165, 1.54) is 23.8 Å². The molecule has 96 valence electrons. The van der Waals surface area contributed by atoms with E-state index in [1.54, 1.807) is 0 Å². The van der Waals surface area contributed by atoms with Crippen LogP contribution >= 0.6 is 0 Å². The van der Waals surface area contributed by atoms with Crippen LogP contribution in [-0.2, 0) is 0 Å². The molecule has 1 nitrogen and oxygen atoms in total. The molecule has 0 saturated heterocycles. The van der Waals surface area contributed by atoms with Gasteiger partial charge in [-0.05, 0) is 42.5 Å². The first kappa shape index (κ1) is 12.2. The first-order valence-corrected chi connectivity index (χ1v) is 7.03. The molecule has 0 aliphatic heterocycles. The third-order valence-electron chi connectivity index (χ3n) is 3.84. The maximum absolute atomic E-state index is 12.3. The molecule has 0 bridgehead atoms. The summed E-state index contributed by atoms with van der Waals surface area (Å²) in [6, 6.07) is 14.2. The lowest BCUT2D eigenvalue weighted by atomic mass is 9.93. The molecule has 1 heteroatoms. The second-order valence-corrected chi connectivity index (χ2v) is 5.27. The molecule has 0 unspecified atom stereocenters. The Morgan fingerprint density at radius 3 is 2.63 bits per heavy atom. The van der Waals surface area contributed by atoms with E-state index in [4.69, 9.17) is 0 Å². The molecule has 1 aliphatic carbocycles. The number of rotatable bonds is 3. The molecule has 3 rings (SSSR count). The van der Waals surface area contributed by atoms with Gasteiger partial charge in [-0.3, -0.25) is 4.79 Å². The van der Waals surface area contributed by atoms with E-state index in [2.05, 4.69) is 18.2 Å². The molecule has 0 fully saturated rings. The third kappa shape index (κ3) is 2.76. The van der Waals surface area contributed by atoms with Gasteiger partial charge in [0.15, 0.2) is 5.78 Å². The molecule has 2 aromatic carbocycles. The average molecular weight is 250 g/mol. The molecule has 0 saturated carbocycles. The Hall–Kier alpha value is -1.89. The second kappa shape index (κ2) is 5.40. The Morgan fingerprint density at radius 2 is 1.84 bits per heavy atom. The van der Waals surface area contributed by atoms with Gasteiger partial charge in [0, 0.05) is 12.0 Å². The van der Waals surface area contributed by atoms with Crippen LogP contribution in [0.1, 0.15) is 42.5 Å². The summed E-state index contributed by atoms with van der Waals surface area (Å²) in [7, 11) is 0. The Labute approximate surface area is 113 Å². The van der Waals surface area contributed by atoms with E-state index in [0.29, 0.717) is 6.42 Å². The van der Waals surface area contributed by atoms with Crippen molar-refractivity contribution in [2.24, 2.45) is 0 Å². The summed E-state index contributed by atoms with van der Waals surface area (Å²) in [6.45, 7) is 0. The largest absolute Gasteiger partial charge is 0.294 e. The summed E-state index contributed by atoms with van der Waals surface area (Å²) >= 11 is 0. The van der Waals surface area contributed by atoms with Crippen molar-refractivity contribution in [3.63, 3.8) is 0 Å². The van der Waals surface area contributed by atoms with Gasteiger partial charge in [-0.25, -0.2) is 0 Å². The maximum Gasteiger partial charge on any atom is 0.166 e. The van der Waals surface area contributed by atoms with Crippen molar-refractivity contribution in [3.05, 3.63) is 59.7 Å². The number of fused-ring (bicyclic) bond motifs is 1. The van der Waals surface area contributed by atoms with Crippen molar-refractivity contribution in [3.8, 4) is 0 Å². The zero-order chi connectivity index (χ0) is 13.1. The van der Waals surface area contributed by atoms with Crippen molar-refractivity contribution in [1.82, 2.24) is 0 Å². The molecular formula is C18H18O. The van der Waals surface area contributed by atoms with Crippen LogP contribution in [0.15, 0.2) is 54.1 Å². The zero-order valence-electron chi connectivity index (χ0n) is 11.1. The van der Waals surface area contributed by atoms with Gasteiger partial charge < -0.3 is 0 Å². The summed E-state index contributed by atoms with van der Waals surface area (Å²) in [5.41, 5.74) is 2.16. The fourth-order valence-electron chi connectivity index (χ4n) is 2.74. The van der Waals surface area contributed by atoms with Crippen LogP contribution in [0.5, 0.6) is 0 Å². The molecule has 0 spiro atoms. The molecule has 0 aromatic heterocycles. The molecule has 0 N–H and O–H groups in total. The summed E-state index contributed by atoms with van der Waals surface area (Å²) in [6.07, 6.45) is 7.59. The van der Waals surface area contributed by atoms with Gasteiger partial charge in [0.05, 0.1) is 0 Å². The van der Waals surface area contributed by atoms with Gasteiger partial charge >= 0.3 is 0 Å². The first-order valence-electron chi connectivity index (χ1n) is 7.03. The molecule has 19 heavy (non-hydrogen) atoms. The van der Waals surface area contributed by atoms with Gasteiger partial charge in [0.2, 0.25) is 0 Å². The number of carbonyl (C=O) groups is 1. The monoisotopic (exact) mass is 250 g/mol. The Kier molecular flexibility index (Phi) is 3.45. The lowest BCUT2D eigenvalue weighted by Crippen LogP contribution is -2.03. The van der Waals surface area contributed by atoms with Crippen LogP contribution < -0.4 is 0 Å². The van der Waals surface area contributed by atoms with E-state index in [0.717, 1.165) is 23.8 Å². The number of benzene rings is 2. The fourth-order valence-corrected chi connectivity index (χ4v) is 2.74. The number of allylic oxidation sites excluding steroid dienone is 2. The smallest absolute Gasteiger partial charge is 0.166 e. The molecule has 1 aliphatic rings. The number of hydrogen-bond donors (Lipinski definition) is 0. The van der Waals surface area contributed by atoms with Crippen molar-refractivity contribution in [2.75, 3.05) is 0 Å². The quantitative estimate of drug-likeness (QED) is 0.558. The van der Waals surface area contributed by atoms with E-state index in [1.807, 2.05) is 30.3 Å². The van der Waals surface area contributed by atoms with Crippen LogP contribution in [0.25, 0.3) is 10.8 Å². The summed E-state index contributed by atoms with van der Waals surface area (Å²) in [4.78, 5) is 12.3. The molecule has 2 aromatic rings. The molecule has 0 heterocycles. The van der Waals surface area contributed by atoms with Crippen molar-refractivity contribution in [1.29, 1.82) is 0 Å². The normalized spacial score (nSPS) is 15.3. The Morgan fingerprint density at radius 1 is 1.00 bits per heavy atom. The minimum atomic E-state index is 0.249. The first-order chi connectivity index (χ1) is 9.33. The Bertz CT molecular complexity index is 637. The van der Waals surface area contributed by atoms with E-state index < -0.39 is 0 Å². The predicted molar refractivity (Wildman–Crippen MR) is 79.4 cm³/mol. The topological polar surface area (TPSA) is 17.1 Å². The number of carbonyl (C=O) groups excluding carboxylic acids is 1. The SMILES string of the molecule is O=C(CC1=CCCCC1)c1ccc2ccccc2c1. The molecule has 0 amide bonds. The van der Waals surface area contributed by atoms with Crippen LogP contribution in [0.3, 0.4) is 0 Å². The van der Waals surface area contributed by atoms with Crippen LogP contribution in [0.2, 0.25) is 0 Å². The molecule has 0 radical (unpaired) electrons. The maximum atomic E-state index is 12.3. The third-order valence-corrected chi connectivity index (χ3v) is 3.84. The highest BCUT2D eigenvalue weighted by Gasteiger charge is 2.11. The van der Waals surface area contributed by atoms with Gasteiger partial charge in [-0.1, -0.05) is 48.0 Å². The van der Waals surface area contributed by atoms with Crippen molar-refractivity contribution < 1.29 is 4.79 Å². The van der Waals surface area contributed by atoms with Gasteiger partial charge in [0.1, 0.15) is 0 Å². The summed E-state index contributed by atoms with van der Waals surface area (Å²) in [5, 5.41) is 2.34. The van der Waals surface area contributed by atoms with E-state index >= 15 is 0 Å². The highest BCUT2D eigenvalue weighted by Crippen LogP contribution is 2.23. The predicted octanol–water partition coefficient (Wildman–Crippen LogP) is 4.91. The zero-order valence-corrected chi connectivity index (χ0v) is 11.1. The lowest BCUT2D eigenvalue weighted by molar-refractivity contribution is 0.0991. The van der Waals surface area contributed by atoms with Crippen LogP contribution in [-0.4, -0.2) is 5.78 Å². The highest BCUT2D eigenvalue weighted by molar-refractivity contribution is 6.01. The molecule has 0 atom stereocenters. The Balaban J connectivity index is 1.83. The summed E-state index contributed by atoms with van der Waals surface area (Å²) in [5.74, 6) is 0.249. The van der Waals surface area contributed by atoms with Crippen LogP contribution in [0, 0.1) is 0 Å². The number of ketones is 1. The van der Waals surface area contributed by atoms with Crippen LogP contribution in [0.4, 0.5) is 0 Å². The van der Waals surface area contributed by atoms with E-state index in [9.17, 15) is 4.79 Å².